The van der Waals surface area contributed by atoms with E-state index < -0.39 is 0 Å². The summed E-state index contributed by atoms with van der Waals surface area (Å²) in [4.78, 5) is 1.18. The molecular weight excluding hydrogens is 430 g/mol. The zero-order valence-corrected chi connectivity index (χ0v) is 15.6. The van der Waals surface area contributed by atoms with Gasteiger partial charge in [-0.25, -0.2) is 0 Å². The molecule has 0 atom stereocenters. The van der Waals surface area contributed by atoms with Gasteiger partial charge in [-0.05, 0) is 53.4 Å². The number of nitriles is 1. The summed E-state index contributed by atoms with van der Waals surface area (Å²) in [5.74, 6) is 0. The van der Waals surface area contributed by atoms with E-state index in [0.29, 0.717) is 6.42 Å². The van der Waals surface area contributed by atoms with Crippen LogP contribution in [0.1, 0.15) is 5.56 Å². The van der Waals surface area contributed by atoms with Crippen LogP contribution in [0.5, 0.6) is 0 Å². The van der Waals surface area contributed by atoms with Crippen LogP contribution in [-0.4, -0.2) is 0 Å². The molecule has 0 aliphatic carbocycles. The van der Waals surface area contributed by atoms with Crippen molar-refractivity contribution >= 4 is 65.0 Å². The molecule has 5 heteroatoms. The van der Waals surface area contributed by atoms with E-state index in [9.17, 15) is 0 Å². The Hall–Kier alpha value is -0.800. The molecule has 0 saturated carbocycles. The molecule has 0 saturated heterocycles. The molecule has 104 valence electrons. The van der Waals surface area contributed by atoms with Gasteiger partial charge in [0.2, 0.25) is 0 Å². The van der Waals surface area contributed by atoms with Crippen molar-refractivity contribution < 1.29 is 0 Å². The Morgan fingerprint density at radius 2 is 1.76 bits per heavy atom. The molecule has 0 aliphatic rings. The van der Waals surface area contributed by atoms with E-state index in [1.165, 1.54) is 19.2 Å². The van der Waals surface area contributed by atoms with Crippen LogP contribution in [0.25, 0.3) is 10.1 Å². The van der Waals surface area contributed by atoms with Gasteiger partial charge in [0, 0.05) is 18.5 Å². The van der Waals surface area contributed by atoms with Gasteiger partial charge in [0.25, 0.3) is 0 Å². The van der Waals surface area contributed by atoms with Crippen molar-refractivity contribution in [3.8, 4) is 6.07 Å². The topological polar surface area (TPSA) is 23.8 Å². The minimum atomic E-state index is 0.440. The van der Waals surface area contributed by atoms with Crippen molar-refractivity contribution in [2.45, 2.75) is 15.5 Å². The van der Waals surface area contributed by atoms with Crippen LogP contribution in [0.4, 0.5) is 0 Å². The number of nitrogens with zero attached hydrogens (tertiary/aromatic N) is 1. The van der Waals surface area contributed by atoms with Crippen molar-refractivity contribution in [1.82, 2.24) is 0 Å². The Kier molecular flexibility index (Phi) is 4.70. The quantitative estimate of drug-likeness (QED) is 0.457. The van der Waals surface area contributed by atoms with Gasteiger partial charge in [-0.2, -0.15) is 5.26 Å². The van der Waals surface area contributed by atoms with E-state index in [1.807, 2.05) is 18.2 Å². The Morgan fingerprint density at radius 1 is 1.05 bits per heavy atom. The summed E-state index contributed by atoms with van der Waals surface area (Å²) in [5, 5.41) is 10.3. The fourth-order valence-electron chi connectivity index (χ4n) is 2.04. The number of thiophene rings is 1. The second-order valence-electron chi connectivity index (χ2n) is 4.40. The number of hydrogen-bond donors (Lipinski definition) is 0. The second kappa shape index (κ2) is 6.53. The first-order valence-corrected chi connectivity index (χ1v) is 9.40. The minimum Gasteiger partial charge on any atom is -0.198 e. The molecule has 3 aromatic rings. The van der Waals surface area contributed by atoms with Crippen LogP contribution in [0.3, 0.4) is 0 Å². The maximum absolute atomic E-state index is 9.12. The van der Waals surface area contributed by atoms with Gasteiger partial charge in [0.1, 0.15) is 0 Å². The number of hydrogen-bond acceptors (Lipinski definition) is 3. The first kappa shape index (κ1) is 15.1. The Balaban J connectivity index is 2.06. The molecule has 0 bridgehead atoms. The zero-order valence-electron chi connectivity index (χ0n) is 10.8. The van der Waals surface area contributed by atoms with E-state index >= 15 is 0 Å². The molecule has 1 aromatic heterocycles. The molecule has 0 fully saturated rings. The van der Waals surface area contributed by atoms with Gasteiger partial charge >= 0.3 is 0 Å². The normalized spacial score (nSPS) is 10.7. The number of benzene rings is 2. The molecular formula is C16H9Br2NS2. The van der Waals surface area contributed by atoms with Gasteiger partial charge in [-0.15, -0.1) is 11.3 Å². The maximum Gasteiger partial charge on any atom is 0.0701 e. The predicted octanol–water partition coefficient (Wildman–Crippen LogP) is 6.64. The van der Waals surface area contributed by atoms with Crippen molar-refractivity contribution in [3.63, 3.8) is 0 Å². The summed E-state index contributed by atoms with van der Waals surface area (Å²) in [7, 11) is 0. The SMILES string of the molecule is N#CCc1c(Sc2ccc(Br)cc2)sc2ccc(Br)cc12. The van der Waals surface area contributed by atoms with Crippen molar-refractivity contribution in [2.24, 2.45) is 0 Å². The molecule has 0 aliphatic heterocycles. The smallest absolute Gasteiger partial charge is 0.0701 e. The predicted molar refractivity (Wildman–Crippen MR) is 97.1 cm³/mol. The van der Waals surface area contributed by atoms with Crippen LogP contribution < -0.4 is 0 Å². The third-order valence-corrected chi connectivity index (χ3v) is 6.47. The Bertz CT molecular complexity index is 832. The molecule has 0 unspecified atom stereocenters. The highest BCUT2D eigenvalue weighted by atomic mass is 79.9. The van der Waals surface area contributed by atoms with Crippen LogP contribution >= 0.6 is 55.0 Å². The van der Waals surface area contributed by atoms with Crippen molar-refractivity contribution in [1.29, 1.82) is 5.26 Å². The Labute approximate surface area is 148 Å². The summed E-state index contributed by atoms with van der Waals surface area (Å²) in [5.41, 5.74) is 1.13. The van der Waals surface area contributed by atoms with E-state index in [-0.39, 0.29) is 0 Å². The van der Waals surface area contributed by atoms with Crippen LogP contribution in [0.15, 0.2) is 60.5 Å². The highest BCUT2D eigenvalue weighted by Crippen LogP contribution is 2.42. The zero-order chi connectivity index (χ0) is 14.8. The lowest BCUT2D eigenvalue weighted by Gasteiger charge is -2.02. The van der Waals surface area contributed by atoms with Gasteiger partial charge in [-0.1, -0.05) is 43.6 Å². The molecule has 2 aromatic carbocycles. The third-order valence-electron chi connectivity index (χ3n) is 3.00. The summed E-state index contributed by atoms with van der Waals surface area (Å²) < 4.78 is 4.55. The largest absolute Gasteiger partial charge is 0.198 e. The van der Waals surface area contributed by atoms with E-state index in [0.717, 1.165) is 14.5 Å². The van der Waals surface area contributed by atoms with E-state index in [4.69, 9.17) is 5.26 Å². The summed E-state index contributed by atoms with van der Waals surface area (Å²) in [6, 6.07) is 16.8. The fraction of sp³-hybridized carbons (Fsp3) is 0.0625. The van der Waals surface area contributed by atoms with Gasteiger partial charge in [0.15, 0.2) is 0 Å². The van der Waals surface area contributed by atoms with Gasteiger partial charge in [0.05, 0.1) is 16.7 Å². The van der Waals surface area contributed by atoms with Gasteiger partial charge < -0.3 is 0 Å². The molecule has 1 heterocycles. The molecule has 0 radical (unpaired) electrons. The summed E-state index contributed by atoms with van der Waals surface area (Å²) in [6.45, 7) is 0. The van der Waals surface area contributed by atoms with Gasteiger partial charge in [-0.3, -0.25) is 0 Å². The van der Waals surface area contributed by atoms with Crippen LogP contribution in [0, 0.1) is 11.3 Å². The second-order valence-corrected chi connectivity index (χ2v) is 8.63. The van der Waals surface area contributed by atoms with E-state index in [1.54, 1.807) is 23.1 Å². The van der Waals surface area contributed by atoms with E-state index in [2.05, 4.69) is 62.2 Å². The van der Waals surface area contributed by atoms with Crippen LogP contribution in [0.2, 0.25) is 0 Å². The third kappa shape index (κ3) is 3.35. The average Bonchev–Trinajstić information content (AvgIpc) is 2.79. The maximum atomic E-state index is 9.12. The minimum absolute atomic E-state index is 0.440. The first-order valence-electron chi connectivity index (χ1n) is 6.18. The fourth-order valence-corrected chi connectivity index (χ4v) is 5.11. The van der Waals surface area contributed by atoms with Crippen molar-refractivity contribution in [2.75, 3.05) is 0 Å². The average molecular weight is 439 g/mol. The highest BCUT2D eigenvalue weighted by Gasteiger charge is 2.13. The number of halogens is 2. The monoisotopic (exact) mass is 437 g/mol. The first-order chi connectivity index (χ1) is 10.2. The highest BCUT2D eigenvalue weighted by molar-refractivity contribution is 9.10. The lowest BCUT2D eigenvalue weighted by molar-refractivity contribution is 1.25. The summed E-state index contributed by atoms with van der Waals surface area (Å²) >= 11 is 10.4. The lowest BCUT2D eigenvalue weighted by Crippen LogP contribution is -1.82. The summed E-state index contributed by atoms with van der Waals surface area (Å²) in [6.07, 6.45) is 0.440. The number of fused-ring (bicyclic) bond motifs is 1. The molecule has 0 amide bonds. The molecule has 1 nitrogen and oxygen atoms in total. The standard InChI is InChI=1S/C16H9Br2NS2/c17-10-1-4-12(5-2-10)20-16-13(7-8-19)14-9-11(18)3-6-15(14)21-16/h1-6,9H,7H2. The number of rotatable bonds is 3. The molecule has 0 N–H and O–H groups in total. The lowest BCUT2D eigenvalue weighted by atomic mass is 10.1. The molecule has 3 rings (SSSR count). The van der Waals surface area contributed by atoms with Crippen LogP contribution in [-0.2, 0) is 6.42 Å². The Morgan fingerprint density at radius 3 is 2.48 bits per heavy atom. The molecule has 21 heavy (non-hydrogen) atoms. The molecule has 0 spiro atoms. The van der Waals surface area contributed by atoms with Crippen molar-refractivity contribution in [3.05, 3.63) is 57.0 Å².